The zero-order valence-electron chi connectivity index (χ0n) is 15.0. The van der Waals surface area contributed by atoms with Gasteiger partial charge in [-0.15, -0.1) is 0 Å². The van der Waals surface area contributed by atoms with Gasteiger partial charge >= 0.3 is 0 Å². The van der Waals surface area contributed by atoms with Crippen molar-refractivity contribution in [3.05, 3.63) is 75.8 Å². The predicted molar refractivity (Wildman–Crippen MR) is 118 cm³/mol. The van der Waals surface area contributed by atoms with Gasteiger partial charge in [0.2, 0.25) is 0 Å². The molecule has 0 bridgehead atoms. The Kier molecular flexibility index (Phi) is 6.97. The molecule has 0 aromatic heterocycles. The van der Waals surface area contributed by atoms with E-state index in [1.165, 1.54) is 0 Å². The molecule has 0 aliphatic heterocycles. The van der Waals surface area contributed by atoms with Crippen molar-refractivity contribution in [3.63, 3.8) is 0 Å². The molecule has 3 rings (SSSR count). The average molecular weight is 435 g/mol. The van der Waals surface area contributed by atoms with Crippen molar-refractivity contribution in [2.24, 2.45) is 0 Å². The molecule has 0 saturated carbocycles. The quantitative estimate of drug-likeness (QED) is 0.288. The summed E-state index contributed by atoms with van der Waals surface area (Å²) in [5.74, 6) is 0.00389. The first-order chi connectivity index (χ1) is 13.5. The molecule has 0 heterocycles. The predicted octanol–water partition coefficient (Wildman–Crippen LogP) is 5.58. The third-order valence-corrected chi connectivity index (χ3v) is 5.80. The van der Waals surface area contributed by atoms with Crippen molar-refractivity contribution in [1.82, 2.24) is 0 Å². The summed E-state index contributed by atoms with van der Waals surface area (Å²) in [5.41, 5.74) is 9.06. The lowest BCUT2D eigenvalue weighted by Crippen LogP contribution is -2.03. The zero-order valence-corrected chi connectivity index (χ0v) is 17.3. The number of nitrogen functional groups attached to an aromatic ring is 1. The second-order valence-electron chi connectivity index (χ2n) is 6.22. The number of phenolic OH excluding ortho intramolecular Hbond substituents is 1. The largest absolute Gasteiger partial charge is 0.506 e. The van der Waals surface area contributed by atoms with Gasteiger partial charge in [-0.2, -0.15) is 0 Å². The van der Waals surface area contributed by atoms with Crippen LogP contribution in [0.5, 0.6) is 5.75 Å². The van der Waals surface area contributed by atoms with Crippen LogP contribution in [0, 0.1) is 0 Å². The molecule has 146 valence electrons. The second kappa shape index (κ2) is 9.43. The molecule has 0 spiro atoms. The molecule has 7 heteroatoms. The van der Waals surface area contributed by atoms with Crippen molar-refractivity contribution in [3.8, 4) is 5.75 Å². The first-order valence-electron chi connectivity index (χ1n) is 8.64. The minimum Gasteiger partial charge on any atom is -0.506 e. The van der Waals surface area contributed by atoms with Gasteiger partial charge in [-0.05, 0) is 72.1 Å². The maximum atomic E-state index is 10.0. The third-order valence-electron chi connectivity index (χ3n) is 4.13. The number of halogens is 2. The van der Waals surface area contributed by atoms with Crippen LogP contribution in [0.3, 0.4) is 0 Å². The first-order valence-corrected chi connectivity index (χ1v) is 10.2. The zero-order chi connectivity index (χ0) is 20.1. The van der Waals surface area contributed by atoms with E-state index < -0.39 is 0 Å². The number of hydrogen-bond donors (Lipinski definition) is 4. The minimum absolute atomic E-state index is 0.00389. The number of anilines is 2. The Balaban J connectivity index is 1.80. The van der Waals surface area contributed by atoms with E-state index in [1.54, 1.807) is 23.9 Å². The van der Waals surface area contributed by atoms with E-state index in [4.69, 9.17) is 34.0 Å². The lowest BCUT2D eigenvalue weighted by molar-refractivity contribution is 0.297. The van der Waals surface area contributed by atoms with E-state index in [0.29, 0.717) is 29.2 Å². The maximum absolute atomic E-state index is 10.0. The number of benzene rings is 3. The van der Waals surface area contributed by atoms with Gasteiger partial charge in [-0.25, -0.2) is 0 Å². The number of aliphatic hydroxyl groups excluding tert-OH is 1. The standard InChI is InChI=1S/C21H20Cl2N2O2S/c22-15-1-4-18(5-2-15)28-20-6-3-16(24)9-14(20)12-25-17-10-13(7-8-26)21(27)19(23)11-17/h1-6,9-11,25-27H,7-8,12,24H2. The molecular weight excluding hydrogens is 415 g/mol. The summed E-state index contributed by atoms with van der Waals surface area (Å²) in [6.45, 7) is 0.463. The highest BCUT2D eigenvalue weighted by Gasteiger charge is 2.10. The Hall–Kier alpha value is -2.05. The van der Waals surface area contributed by atoms with Crippen molar-refractivity contribution < 1.29 is 10.2 Å². The van der Waals surface area contributed by atoms with Crippen LogP contribution in [0.25, 0.3) is 0 Å². The first kappa shape index (κ1) is 20.7. The molecule has 0 unspecified atom stereocenters. The summed E-state index contributed by atoms with van der Waals surface area (Å²) in [4.78, 5) is 2.15. The second-order valence-corrected chi connectivity index (χ2v) is 8.18. The molecule has 3 aromatic rings. The van der Waals surface area contributed by atoms with Crippen molar-refractivity contribution >= 4 is 46.3 Å². The van der Waals surface area contributed by atoms with Gasteiger partial charge in [0.05, 0.1) is 5.02 Å². The molecule has 0 aliphatic carbocycles. The van der Waals surface area contributed by atoms with Gasteiger partial charge in [0.1, 0.15) is 5.75 Å². The molecule has 0 amide bonds. The summed E-state index contributed by atoms with van der Waals surface area (Å²) >= 11 is 13.7. The molecule has 0 saturated heterocycles. The van der Waals surface area contributed by atoms with Crippen LogP contribution in [0.2, 0.25) is 10.0 Å². The number of rotatable bonds is 7. The van der Waals surface area contributed by atoms with Gasteiger partial charge in [-0.1, -0.05) is 35.0 Å². The highest BCUT2D eigenvalue weighted by atomic mass is 35.5. The molecule has 0 radical (unpaired) electrons. The fraction of sp³-hybridized carbons (Fsp3) is 0.143. The Bertz CT molecular complexity index is 965. The molecule has 0 atom stereocenters. The number of aromatic hydroxyl groups is 1. The van der Waals surface area contributed by atoms with E-state index in [1.807, 2.05) is 42.5 Å². The lowest BCUT2D eigenvalue weighted by Gasteiger charge is -2.14. The lowest BCUT2D eigenvalue weighted by atomic mass is 10.1. The van der Waals surface area contributed by atoms with E-state index in [2.05, 4.69) is 5.32 Å². The Morgan fingerprint density at radius 2 is 1.71 bits per heavy atom. The van der Waals surface area contributed by atoms with Crippen LogP contribution < -0.4 is 11.1 Å². The molecule has 5 N–H and O–H groups in total. The minimum atomic E-state index is -0.0650. The number of nitrogens with two attached hydrogens (primary N) is 1. The van der Waals surface area contributed by atoms with Crippen LogP contribution in [0.4, 0.5) is 11.4 Å². The van der Waals surface area contributed by atoms with Crippen LogP contribution >= 0.6 is 35.0 Å². The van der Waals surface area contributed by atoms with Crippen LogP contribution in [0.1, 0.15) is 11.1 Å². The van der Waals surface area contributed by atoms with Crippen LogP contribution in [0.15, 0.2) is 64.4 Å². The molecule has 28 heavy (non-hydrogen) atoms. The summed E-state index contributed by atoms with van der Waals surface area (Å²) in [7, 11) is 0. The van der Waals surface area contributed by atoms with Crippen molar-refractivity contribution in [1.29, 1.82) is 0 Å². The molecular formula is C21H20Cl2N2O2S. The molecule has 4 nitrogen and oxygen atoms in total. The van der Waals surface area contributed by atoms with Gasteiger partial charge in [-0.3, -0.25) is 0 Å². The van der Waals surface area contributed by atoms with Gasteiger partial charge in [0, 0.05) is 39.3 Å². The number of phenols is 1. The molecule has 0 fully saturated rings. The highest BCUT2D eigenvalue weighted by Crippen LogP contribution is 2.34. The Morgan fingerprint density at radius 3 is 2.43 bits per heavy atom. The monoisotopic (exact) mass is 434 g/mol. The number of hydrogen-bond acceptors (Lipinski definition) is 5. The molecule has 3 aromatic carbocycles. The van der Waals surface area contributed by atoms with Gasteiger partial charge < -0.3 is 21.3 Å². The summed E-state index contributed by atoms with van der Waals surface area (Å²) in [6, 6.07) is 16.9. The van der Waals surface area contributed by atoms with Gasteiger partial charge in [0.15, 0.2) is 0 Å². The smallest absolute Gasteiger partial charge is 0.137 e. The van der Waals surface area contributed by atoms with Crippen LogP contribution in [-0.2, 0) is 13.0 Å². The fourth-order valence-corrected chi connectivity index (χ4v) is 4.02. The average Bonchev–Trinajstić information content (AvgIpc) is 2.67. The summed E-state index contributed by atoms with van der Waals surface area (Å²) < 4.78 is 0. The summed E-state index contributed by atoms with van der Waals surface area (Å²) in [6.07, 6.45) is 0.330. The van der Waals surface area contributed by atoms with Crippen molar-refractivity contribution in [2.75, 3.05) is 17.7 Å². The Morgan fingerprint density at radius 1 is 0.964 bits per heavy atom. The highest BCUT2D eigenvalue weighted by molar-refractivity contribution is 7.99. The van der Waals surface area contributed by atoms with Crippen LogP contribution in [-0.4, -0.2) is 16.8 Å². The summed E-state index contributed by atoms with van der Waals surface area (Å²) in [5, 5.41) is 23.4. The van der Waals surface area contributed by atoms with E-state index in [9.17, 15) is 5.11 Å². The fourth-order valence-electron chi connectivity index (χ4n) is 2.73. The topological polar surface area (TPSA) is 78.5 Å². The van der Waals surface area contributed by atoms with E-state index >= 15 is 0 Å². The van der Waals surface area contributed by atoms with Crippen molar-refractivity contribution in [2.45, 2.75) is 22.8 Å². The Labute approximate surface area is 178 Å². The third kappa shape index (κ3) is 5.26. The van der Waals surface area contributed by atoms with E-state index in [-0.39, 0.29) is 17.4 Å². The van der Waals surface area contributed by atoms with Gasteiger partial charge in [0.25, 0.3) is 0 Å². The number of nitrogens with one attached hydrogen (secondary N) is 1. The maximum Gasteiger partial charge on any atom is 0.137 e. The normalized spacial score (nSPS) is 10.8. The SMILES string of the molecule is Nc1ccc(Sc2ccc(Cl)cc2)c(CNc2cc(Cl)c(O)c(CCO)c2)c1. The number of aliphatic hydroxyl groups is 1. The molecule has 0 aliphatic rings. The van der Waals surface area contributed by atoms with E-state index in [0.717, 1.165) is 21.0 Å².